The van der Waals surface area contributed by atoms with Gasteiger partial charge in [-0.15, -0.1) is 11.3 Å². The van der Waals surface area contributed by atoms with Crippen LogP contribution >= 0.6 is 27.3 Å². The fourth-order valence-corrected chi connectivity index (χ4v) is 3.48. The Morgan fingerprint density at radius 2 is 2.10 bits per heavy atom. The summed E-state index contributed by atoms with van der Waals surface area (Å²) in [5.41, 5.74) is 0.0450. The Morgan fingerprint density at radius 3 is 2.81 bits per heavy atom. The van der Waals surface area contributed by atoms with Crippen molar-refractivity contribution in [1.29, 1.82) is 0 Å². The van der Waals surface area contributed by atoms with Crippen molar-refractivity contribution in [2.75, 3.05) is 5.32 Å². The van der Waals surface area contributed by atoms with Crippen LogP contribution in [-0.4, -0.2) is 16.1 Å². The maximum Gasteiger partial charge on any atom is 0.354 e. The highest BCUT2D eigenvalue weighted by Crippen LogP contribution is 2.26. The number of pyridine rings is 1. The van der Waals surface area contributed by atoms with Gasteiger partial charge in [-0.2, -0.15) is 0 Å². The Morgan fingerprint density at radius 1 is 1.29 bits per heavy atom. The fourth-order valence-electron chi connectivity index (χ4n) is 2.06. The number of carbonyl (C=O) groups is 1. The van der Waals surface area contributed by atoms with Crippen LogP contribution < -0.4 is 5.32 Å². The molecule has 0 atom stereocenters. The van der Waals surface area contributed by atoms with Crippen molar-refractivity contribution in [3.8, 4) is 0 Å². The second-order valence-electron chi connectivity index (χ2n) is 4.44. The van der Waals surface area contributed by atoms with Crippen molar-refractivity contribution in [2.45, 2.75) is 6.54 Å². The summed E-state index contributed by atoms with van der Waals surface area (Å²) in [4.78, 5) is 16.5. The van der Waals surface area contributed by atoms with Gasteiger partial charge in [-0.25, -0.2) is 9.78 Å². The minimum atomic E-state index is -1.03. The summed E-state index contributed by atoms with van der Waals surface area (Å²) >= 11 is 5.06. The van der Waals surface area contributed by atoms with E-state index in [1.807, 2.05) is 36.4 Å². The number of thiophene rings is 1. The summed E-state index contributed by atoms with van der Waals surface area (Å²) < 4.78 is 1.07. The lowest BCUT2D eigenvalue weighted by molar-refractivity contribution is 0.0691. The van der Waals surface area contributed by atoms with Crippen molar-refractivity contribution in [3.63, 3.8) is 0 Å². The molecular formula is C15H11BrN2O2S. The number of nitrogens with zero attached hydrogens (tertiary/aromatic N) is 1. The normalized spacial score (nSPS) is 10.7. The number of anilines is 1. The average Bonchev–Trinajstić information content (AvgIpc) is 2.90. The van der Waals surface area contributed by atoms with Crippen molar-refractivity contribution in [1.82, 2.24) is 4.98 Å². The van der Waals surface area contributed by atoms with Crippen LogP contribution in [0.15, 0.2) is 46.3 Å². The topological polar surface area (TPSA) is 62.2 Å². The number of aromatic nitrogens is 1. The highest BCUT2D eigenvalue weighted by Gasteiger charge is 2.10. The Hall–Kier alpha value is -1.92. The molecule has 1 aromatic carbocycles. The van der Waals surface area contributed by atoms with Crippen LogP contribution in [-0.2, 0) is 6.54 Å². The molecule has 2 heterocycles. The van der Waals surface area contributed by atoms with Gasteiger partial charge in [0.25, 0.3) is 0 Å². The molecular weight excluding hydrogens is 352 g/mol. The predicted octanol–water partition coefficient (Wildman–Crippen LogP) is 4.37. The maximum absolute atomic E-state index is 11.2. The van der Waals surface area contributed by atoms with Gasteiger partial charge in [0.1, 0.15) is 5.82 Å². The number of halogens is 1. The third kappa shape index (κ3) is 3.06. The van der Waals surface area contributed by atoms with Crippen molar-refractivity contribution in [3.05, 3.63) is 56.8 Å². The first-order chi connectivity index (χ1) is 10.1. The summed E-state index contributed by atoms with van der Waals surface area (Å²) in [6.07, 6.45) is 0. The predicted molar refractivity (Wildman–Crippen MR) is 88.0 cm³/mol. The van der Waals surface area contributed by atoms with Gasteiger partial charge in [0, 0.05) is 10.3 Å². The number of rotatable bonds is 4. The standard InChI is InChI=1S/C15H11BrN2O2S/c16-13-6-5-10(21-13)8-17-14-11-4-2-1-3-9(11)7-12(18-14)15(19)20/h1-7H,8H2,(H,17,18)(H,19,20). The van der Waals surface area contributed by atoms with Crippen LogP contribution in [0.2, 0.25) is 0 Å². The minimum Gasteiger partial charge on any atom is -0.477 e. The first-order valence-corrected chi connectivity index (χ1v) is 7.85. The molecule has 2 aromatic heterocycles. The quantitative estimate of drug-likeness (QED) is 0.723. The Labute approximate surface area is 133 Å². The number of benzene rings is 1. The van der Waals surface area contributed by atoms with E-state index in [2.05, 4.69) is 26.2 Å². The lowest BCUT2D eigenvalue weighted by Crippen LogP contribution is -2.06. The first-order valence-electron chi connectivity index (χ1n) is 6.24. The zero-order chi connectivity index (χ0) is 14.8. The van der Waals surface area contributed by atoms with E-state index in [1.165, 1.54) is 0 Å². The van der Waals surface area contributed by atoms with E-state index in [0.29, 0.717) is 12.4 Å². The highest BCUT2D eigenvalue weighted by atomic mass is 79.9. The van der Waals surface area contributed by atoms with E-state index < -0.39 is 5.97 Å². The molecule has 106 valence electrons. The molecule has 6 heteroatoms. The number of aromatic carboxylic acids is 1. The second kappa shape index (κ2) is 5.83. The summed E-state index contributed by atoms with van der Waals surface area (Å²) in [7, 11) is 0. The van der Waals surface area contributed by atoms with Crippen molar-refractivity contribution < 1.29 is 9.90 Å². The van der Waals surface area contributed by atoms with E-state index in [4.69, 9.17) is 5.11 Å². The van der Waals surface area contributed by atoms with Crippen molar-refractivity contribution in [2.24, 2.45) is 0 Å². The van der Waals surface area contributed by atoms with Crippen LogP contribution in [0.3, 0.4) is 0 Å². The van der Waals surface area contributed by atoms with Crippen LogP contribution in [0.1, 0.15) is 15.4 Å². The fraction of sp³-hybridized carbons (Fsp3) is 0.0667. The molecule has 0 aliphatic heterocycles. The zero-order valence-electron chi connectivity index (χ0n) is 10.8. The molecule has 0 bridgehead atoms. The lowest BCUT2D eigenvalue weighted by Gasteiger charge is -2.09. The van der Waals surface area contributed by atoms with E-state index in [-0.39, 0.29) is 5.69 Å². The molecule has 0 spiro atoms. The maximum atomic E-state index is 11.2. The van der Waals surface area contributed by atoms with Crippen LogP contribution in [0.4, 0.5) is 5.82 Å². The Bertz CT molecular complexity index is 816. The van der Waals surface area contributed by atoms with Gasteiger partial charge < -0.3 is 10.4 Å². The molecule has 0 saturated heterocycles. The Balaban J connectivity index is 1.97. The number of carboxylic acids is 1. The molecule has 3 aromatic rings. The summed E-state index contributed by atoms with van der Waals surface area (Å²) in [6.45, 7) is 0.607. The zero-order valence-corrected chi connectivity index (χ0v) is 13.2. The highest BCUT2D eigenvalue weighted by molar-refractivity contribution is 9.11. The summed E-state index contributed by atoms with van der Waals surface area (Å²) in [5, 5.41) is 14.2. The molecule has 4 nitrogen and oxygen atoms in total. The number of nitrogens with one attached hydrogen (secondary N) is 1. The third-order valence-electron chi connectivity index (χ3n) is 3.02. The van der Waals surface area contributed by atoms with Gasteiger partial charge >= 0.3 is 5.97 Å². The molecule has 0 fully saturated rings. The number of carboxylic acid groups (broad SMARTS) is 1. The molecule has 0 aliphatic rings. The van der Waals surface area contributed by atoms with Gasteiger partial charge in [0.05, 0.1) is 10.3 Å². The van der Waals surface area contributed by atoms with Crippen LogP contribution in [0.25, 0.3) is 10.8 Å². The van der Waals surface area contributed by atoms with E-state index in [9.17, 15) is 4.79 Å². The van der Waals surface area contributed by atoms with E-state index in [0.717, 1.165) is 19.4 Å². The Kier molecular flexibility index (Phi) is 3.90. The van der Waals surface area contributed by atoms with Gasteiger partial charge in [0.2, 0.25) is 0 Å². The first kappa shape index (κ1) is 14.0. The lowest BCUT2D eigenvalue weighted by atomic mass is 10.1. The molecule has 0 radical (unpaired) electrons. The average molecular weight is 363 g/mol. The summed E-state index contributed by atoms with van der Waals surface area (Å²) in [5.74, 6) is -0.433. The number of hydrogen-bond donors (Lipinski definition) is 2. The van der Waals surface area contributed by atoms with Gasteiger partial charge in [-0.3, -0.25) is 0 Å². The molecule has 0 amide bonds. The van der Waals surface area contributed by atoms with Gasteiger partial charge in [-0.1, -0.05) is 24.3 Å². The SMILES string of the molecule is O=C(O)c1cc2ccccc2c(NCc2ccc(Br)s2)n1. The van der Waals surface area contributed by atoms with Crippen LogP contribution in [0.5, 0.6) is 0 Å². The number of fused-ring (bicyclic) bond motifs is 1. The van der Waals surface area contributed by atoms with E-state index in [1.54, 1.807) is 17.4 Å². The molecule has 0 saturated carbocycles. The molecule has 2 N–H and O–H groups in total. The largest absolute Gasteiger partial charge is 0.477 e. The molecule has 0 unspecified atom stereocenters. The van der Waals surface area contributed by atoms with E-state index >= 15 is 0 Å². The molecule has 3 rings (SSSR count). The van der Waals surface area contributed by atoms with Crippen molar-refractivity contribution >= 4 is 49.8 Å². The minimum absolute atomic E-state index is 0.0450. The summed E-state index contributed by atoms with van der Waals surface area (Å²) in [6, 6.07) is 13.2. The van der Waals surface area contributed by atoms with Gasteiger partial charge in [0.15, 0.2) is 5.69 Å². The smallest absolute Gasteiger partial charge is 0.354 e. The molecule has 0 aliphatic carbocycles. The molecule has 21 heavy (non-hydrogen) atoms. The number of hydrogen-bond acceptors (Lipinski definition) is 4. The van der Waals surface area contributed by atoms with Crippen LogP contribution in [0, 0.1) is 0 Å². The van der Waals surface area contributed by atoms with Gasteiger partial charge in [-0.05, 0) is 39.5 Å². The second-order valence-corrected chi connectivity index (χ2v) is 6.99. The monoisotopic (exact) mass is 362 g/mol. The third-order valence-corrected chi connectivity index (χ3v) is 4.64.